The first-order valence-electron chi connectivity index (χ1n) is 7.23. The molecular formula is C14H27N3O3. The minimum absolute atomic E-state index is 0.0218. The van der Waals surface area contributed by atoms with Crippen LogP contribution >= 0.6 is 0 Å². The lowest BCUT2D eigenvalue weighted by Gasteiger charge is -2.40. The zero-order valence-electron chi connectivity index (χ0n) is 13.1. The third kappa shape index (κ3) is 4.76. The fourth-order valence-electron chi connectivity index (χ4n) is 2.70. The standard InChI is InChI=1S/C14H27N3O3/c1-9(2)13(14(19)16-6-12(18)15-5)17-7-10(3)20-11(4)8-17/h9-11,13H,6-8H2,1-5H3,(H,15,18)(H,16,19). The van der Waals surface area contributed by atoms with Crippen LogP contribution < -0.4 is 10.6 Å². The maximum atomic E-state index is 12.3. The van der Waals surface area contributed by atoms with Crippen LogP contribution in [-0.4, -0.2) is 61.6 Å². The Labute approximate surface area is 121 Å². The molecule has 6 heteroatoms. The van der Waals surface area contributed by atoms with E-state index in [1.165, 1.54) is 0 Å². The number of nitrogens with one attached hydrogen (secondary N) is 2. The van der Waals surface area contributed by atoms with Gasteiger partial charge in [-0.15, -0.1) is 0 Å². The molecule has 0 spiro atoms. The monoisotopic (exact) mass is 285 g/mol. The zero-order valence-corrected chi connectivity index (χ0v) is 13.1. The van der Waals surface area contributed by atoms with E-state index in [1.807, 2.05) is 27.7 Å². The van der Waals surface area contributed by atoms with Crippen molar-refractivity contribution in [2.75, 3.05) is 26.7 Å². The molecule has 1 aliphatic rings. The van der Waals surface area contributed by atoms with Gasteiger partial charge < -0.3 is 15.4 Å². The third-order valence-corrected chi connectivity index (χ3v) is 3.44. The molecule has 1 saturated heterocycles. The van der Waals surface area contributed by atoms with Gasteiger partial charge in [-0.25, -0.2) is 0 Å². The molecule has 0 aromatic heterocycles. The first-order valence-corrected chi connectivity index (χ1v) is 7.23. The zero-order chi connectivity index (χ0) is 15.3. The molecule has 2 N–H and O–H groups in total. The highest BCUT2D eigenvalue weighted by Crippen LogP contribution is 2.18. The third-order valence-electron chi connectivity index (χ3n) is 3.44. The van der Waals surface area contributed by atoms with Crippen molar-refractivity contribution in [2.45, 2.75) is 45.9 Å². The first kappa shape index (κ1) is 16.9. The summed E-state index contributed by atoms with van der Waals surface area (Å²) in [5.41, 5.74) is 0. The molecule has 1 fully saturated rings. The molecule has 116 valence electrons. The molecule has 0 aliphatic carbocycles. The number of carbonyl (C=O) groups is 2. The van der Waals surface area contributed by atoms with Gasteiger partial charge in [0, 0.05) is 20.1 Å². The normalized spacial score (nSPS) is 25.3. The van der Waals surface area contributed by atoms with Gasteiger partial charge in [0.25, 0.3) is 0 Å². The van der Waals surface area contributed by atoms with Crippen LogP contribution in [0.25, 0.3) is 0 Å². The average Bonchev–Trinajstić information content (AvgIpc) is 2.34. The van der Waals surface area contributed by atoms with Crippen LogP contribution in [0.5, 0.6) is 0 Å². The highest BCUT2D eigenvalue weighted by atomic mass is 16.5. The fourth-order valence-corrected chi connectivity index (χ4v) is 2.70. The van der Waals surface area contributed by atoms with Gasteiger partial charge >= 0.3 is 0 Å². The highest BCUT2D eigenvalue weighted by molar-refractivity contribution is 5.87. The molecule has 1 rings (SSSR count). The number of rotatable bonds is 5. The maximum absolute atomic E-state index is 12.3. The van der Waals surface area contributed by atoms with E-state index in [-0.39, 0.29) is 42.5 Å². The van der Waals surface area contributed by atoms with Gasteiger partial charge in [0.1, 0.15) is 0 Å². The molecule has 2 amide bonds. The molecule has 0 radical (unpaired) electrons. The van der Waals surface area contributed by atoms with Gasteiger partial charge in [-0.1, -0.05) is 13.8 Å². The van der Waals surface area contributed by atoms with E-state index in [2.05, 4.69) is 15.5 Å². The number of nitrogens with zero attached hydrogens (tertiary/aromatic N) is 1. The molecule has 6 nitrogen and oxygen atoms in total. The minimum Gasteiger partial charge on any atom is -0.373 e. The number of carbonyl (C=O) groups excluding carboxylic acids is 2. The van der Waals surface area contributed by atoms with Crippen molar-refractivity contribution in [3.63, 3.8) is 0 Å². The van der Waals surface area contributed by atoms with Gasteiger partial charge in [-0.3, -0.25) is 14.5 Å². The van der Waals surface area contributed by atoms with Crippen molar-refractivity contribution >= 4 is 11.8 Å². The molecular weight excluding hydrogens is 258 g/mol. The van der Waals surface area contributed by atoms with Crippen molar-refractivity contribution in [3.05, 3.63) is 0 Å². The molecule has 0 saturated carbocycles. The van der Waals surface area contributed by atoms with Crippen molar-refractivity contribution in [1.29, 1.82) is 0 Å². The Morgan fingerprint density at radius 1 is 1.25 bits per heavy atom. The highest BCUT2D eigenvalue weighted by Gasteiger charge is 2.34. The number of morpholine rings is 1. The van der Waals surface area contributed by atoms with Gasteiger partial charge in [0.15, 0.2) is 0 Å². The Morgan fingerprint density at radius 2 is 1.80 bits per heavy atom. The van der Waals surface area contributed by atoms with E-state index >= 15 is 0 Å². The summed E-state index contributed by atoms with van der Waals surface area (Å²) in [5.74, 6) is -0.105. The van der Waals surface area contributed by atoms with Crippen LogP contribution in [0.15, 0.2) is 0 Å². The molecule has 0 aromatic carbocycles. The molecule has 1 heterocycles. The largest absolute Gasteiger partial charge is 0.373 e. The van der Waals surface area contributed by atoms with Crippen LogP contribution in [0, 0.1) is 5.92 Å². The quantitative estimate of drug-likeness (QED) is 0.745. The molecule has 0 aromatic rings. The molecule has 3 unspecified atom stereocenters. The molecule has 20 heavy (non-hydrogen) atoms. The summed E-state index contributed by atoms with van der Waals surface area (Å²) < 4.78 is 5.70. The number of hydrogen-bond donors (Lipinski definition) is 2. The Hall–Kier alpha value is -1.14. The van der Waals surface area contributed by atoms with Crippen molar-refractivity contribution in [1.82, 2.24) is 15.5 Å². The smallest absolute Gasteiger partial charge is 0.239 e. The second-order valence-corrected chi connectivity index (χ2v) is 5.79. The van der Waals surface area contributed by atoms with Gasteiger partial charge in [0.05, 0.1) is 24.8 Å². The molecule has 3 atom stereocenters. The Balaban J connectivity index is 2.67. The second kappa shape index (κ2) is 7.59. The predicted octanol–water partition coefficient (Wildman–Crippen LogP) is -0.0176. The lowest BCUT2D eigenvalue weighted by molar-refractivity contribution is -0.137. The summed E-state index contributed by atoms with van der Waals surface area (Å²) in [5, 5.41) is 5.20. The van der Waals surface area contributed by atoms with Crippen LogP contribution in [0.1, 0.15) is 27.7 Å². The summed E-state index contributed by atoms with van der Waals surface area (Å²) in [6, 6.07) is -0.228. The topological polar surface area (TPSA) is 70.7 Å². The van der Waals surface area contributed by atoms with Gasteiger partial charge in [-0.2, -0.15) is 0 Å². The van der Waals surface area contributed by atoms with Crippen LogP contribution in [0.2, 0.25) is 0 Å². The average molecular weight is 285 g/mol. The summed E-state index contributed by atoms with van der Waals surface area (Å²) in [6.45, 7) is 9.57. The summed E-state index contributed by atoms with van der Waals surface area (Å²) in [6.07, 6.45) is 0.235. The van der Waals surface area contributed by atoms with E-state index in [1.54, 1.807) is 7.05 Å². The van der Waals surface area contributed by atoms with Crippen LogP contribution in [-0.2, 0) is 14.3 Å². The fraction of sp³-hybridized carbons (Fsp3) is 0.857. The Morgan fingerprint density at radius 3 is 2.25 bits per heavy atom. The van der Waals surface area contributed by atoms with E-state index < -0.39 is 0 Å². The lowest BCUT2D eigenvalue weighted by atomic mass is 9.99. The number of likely N-dealkylation sites (N-methyl/N-ethyl adjacent to an activating group) is 1. The number of amides is 2. The van der Waals surface area contributed by atoms with Gasteiger partial charge in [-0.05, 0) is 19.8 Å². The van der Waals surface area contributed by atoms with Gasteiger partial charge in [0.2, 0.25) is 11.8 Å². The van der Waals surface area contributed by atoms with Crippen LogP contribution in [0.4, 0.5) is 0 Å². The van der Waals surface area contributed by atoms with Crippen molar-refractivity contribution in [3.8, 4) is 0 Å². The first-order chi connectivity index (χ1) is 9.35. The van der Waals surface area contributed by atoms with E-state index in [9.17, 15) is 9.59 Å². The van der Waals surface area contributed by atoms with Crippen molar-refractivity contribution < 1.29 is 14.3 Å². The molecule has 1 aliphatic heterocycles. The Bertz CT molecular complexity index is 337. The maximum Gasteiger partial charge on any atom is 0.239 e. The Kier molecular flexibility index (Phi) is 6.42. The summed E-state index contributed by atoms with van der Waals surface area (Å²) in [7, 11) is 1.56. The predicted molar refractivity (Wildman–Crippen MR) is 77.3 cm³/mol. The van der Waals surface area contributed by atoms with E-state index in [0.717, 1.165) is 13.1 Å². The summed E-state index contributed by atoms with van der Waals surface area (Å²) in [4.78, 5) is 25.7. The lowest BCUT2D eigenvalue weighted by Crippen LogP contribution is -2.57. The second-order valence-electron chi connectivity index (χ2n) is 5.79. The molecule has 0 bridgehead atoms. The van der Waals surface area contributed by atoms with Crippen molar-refractivity contribution in [2.24, 2.45) is 5.92 Å². The number of ether oxygens (including phenoxy) is 1. The van der Waals surface area contributed by atoms with E-state index in [0.29, 0.717) is 0 Å². The van der Waals surface area contributed by atoms with E-state index in [4.69, 9.17) is 4.74 Å². The van der Waals surface area contributed by atoms with Crippen LogP contribution in [0.3, 0.4) is 0 Å². The number of hydrogen-bond acceptors (Lipinski definition) is 4. The SMILES string of the molecule is CNC(=O)CNC(=O)C(C(C)C)N1CC(C)OC(C)C1. The minimum atomic E-state index is -0.228. The summed E-state index contributed by atoms with van der Waals surface area (Å²) >= 11 is 0.